The van der Waals surface area contributed by atoms with Gasteiger partial charge in [-0.3, -0.25) is 9.78 Å². The molecule has 2 aromatic rings. The molecule has 1 aliphatic rings. The molecular weight excluding hydrogens is 382 g/mol. The van der Waals surface area contributed by atoms with Gasteiger partial charge in [-0.05, 0) is 50.1 Å². The van der Waals surface area contributed by atoms with Crippen LogP contribution in [0.5, 0.6) is 5.75 Å². The number of nitrogens with one attached hydrogen (secondary N) is 1. The Kier molecular flexibility index (Phi) is 6.59. The van der Waals surface area contributed by atoms with Crippen molar-refractivity contribution in [1.82, 2.24) is 15.2 Å². The molecule has 1 N–H and O–H groups in total. The Morgan fingerprint density at radius 1 is 1.27 bits per heavy atom. The van der Waals surface area contributed by atoms with Gasteiger partial charge in [0.1, 0.15) is 11.4 Å². The van der Waals surface area contributed by atoms with E-state index in [9.17, 15) is 9.59 Å². The van der Waals surface area contributed by atoms with E-state index in [2.05, 4.69) is 10.3 Å². The lowest BCUT2D eigenvalue weighted by Crippen LogP contribution is -2.52. The van der Waals surface area contributed by atoms with Crippen LogP contribution >= 0.6 is 0 Å². The molecule has 0 spiro atoms. The van der Waals surface area contributed by atoms with Gasteiger partial charge in [0.15, 0.2) is 0 Å². The van der Waals surface area contributed by atoms with E-state index in [4.69, 9.17) is 9.47 Å². The third-order valence-electron chi connectivity index (χ3n) is 4.99. The number of nitrogens with zero attached hydrogens (tertiary/aromatic N) is 2. The summed E-state index contributed by atoms with van der Waals surface area (Å²) >= 11 is 0. The van der Waals surface area contributed by atoms with Crippen molar-refractivity contribution in [2.75, 3.05) is 13.7 Å². The first-order valence-corrected chi connectivity index (χ1v) is 10.1. The predicted molar refractivity (Wildman–Crippen MR) is 115 cm³/mol. The van der Waals surface area contributed by atoms with Gasteiger partial charge in [0.2, 0.25) is 5.91 Å². The third kappa shape index (κ3) is 5.72. The first-order chi connectivity index (χ1) is 14.2. The molecule has 2 amide bonds. The lowest BCUT2D eigenvalue weighted by Gasteiger charge is -2.39. The molecule has 0 bridgehead atoms. The van der Waals surface area contributed by atoms with Crippen LogP contribution < -0.4 is 10.1 Å². The average Bonchev–Trinajstić information content (AvgIpc) is 2.69. The van der Waals surface area contributed by atoms with Crippen LogP contribution in [0.2, 0.25) is 0 Å². The molecule has 162 valence electrons. The highest BCUT2D eigenvalue weighted by Crippen LogP contribution is 2.30. The Labute approximate surface area is 178 Å². The lowest BCUT2D eigenvalue weighted by atomic mass is 9.85. The summed E-state index contributed by atoms with van der Waals surface area (Å²) in [5.41, 5.74) is 1.39. The van der Waals surface area contributed by atoms with Gasteiger partial charge in [-0.25, -0.2) is 4.79 Å². The number of benzene rings is 1. The molecule has 3 rings (SSSR count). The molecule has 1 unspecified atom stereocenters. The van der Waals surface area contributed by atoms with E-state index in [0.717, 1.165) is 16.9 Å². The molecule has 7 heteroatoms. The summed E-state index contributed by atoms with van der Waals surface area (Å²) in [5.74, 6) is 0.678. The fraction of sp³-hybridized carbons (Fsp3) is 0.435. The lowest BCUT2D eigenvalue weighted by molar-refractivity contribution is -0.135. The maximum atomic E-state index is 12.8. The number of piperidine rings is 1. The maximum Gasteiger partial charge on any atom is 0.407 e. The van der Waals surface area contributed by atoms with E-state index < -0.39 is 11.7 Å². The number of aromatic nitrogens is 1. The normalized spacial score (nSPS) is 19.3. The van der Waals surface area contributed by atoms with E-state index >= 15 is 0 Å². The van der Waals surface area contributed by atoms with E-state index in [1.807, 2.05) is 62.1 Å². The zero-order valence-corrected chi connectivity index (χ0v) is 17.9. The van der Waals surface area contributed by atoms with Gasteiger partial charge in [-0.2, -0.15) is 0 Å². The van der Waals surface area contributed by atoms with Gasteiger partial charge in [-0.15, -0.1) is 0 Å². The van der Waals surface area contributed by atoms with Crippen LogP contribution in [0.1, 0.15) is 45.7 Å². The number of hydrogen-bond donors (Lipinski definition) is 1. The highest BCUT2D eigenvalue weighted by Gasteiger charge is 2.36. The minimum atomic E-state index is -0.606. The van der Waals surface area contributed by atoms with Crippen LogP contribution in [-0.2, 0) is 16.1 Å². The summed E-state index contributed by atoms with van der Waals surface area (Å²) in [7, 11) is 1.62. The SMILES string of the molecule is COc1ccc(C2CN(Cc3cccnc3)C(=O)C[C@H]2NC(=O)OC(C)(C)C)cc1.[HH]. The van der Waals surface area contributed by atoms with E-state index in [-0.39, 0.29) is 25.7 Å². The molecule has 2 atom stereocenters. The first-order valence-electron chi connectivity index (χ1n) is 10.1. The van der Waals surface area contributed by atoms with E-state index in [1.54, 1.807) is 19.5 Å². The van der Waals surface area contributed by atoms with Crippen molar-refractivity contribution >= 4 is 12.0 Å². The standard InChI is InChI=1S/C23H29N3O4.H2/c1-23(2,3)30-22(28)25-20-12-21(27)26(14-16-6-5-11-24-13-16)15-19(20)17-7-9-18(29-4)10-8-17;/h5-11,13,19-20H,12,14-15H2,1-4H3,(H,25,28);1H/t19?,20-;/m1./s1. The van der Waals surface area contributed by atoms with Crippen LogP contribution in [0.15, 0.2) is 48.8 Å². The molecule has 30 heavy (non-hydrogen) atoms. The molecule has 2 heterocycles. The Hall–Kier alpha value is -3.09. The summed E-state index contributed by atoms with van der Waals surface area (Å²) in [6, 6.07) is 11.2. The Morgan fingerprint density at radius 2 is 2.00 bits per heavy atom. The quantitative estimate of drug-likeness (QED) is 0.808. The Morgan fingerprint density at radius 3 is 2.60 bits per heavy atom. The number of rotatable bonds is 5. The first kappa shape index (κ1) is 21.6. The summed E-state index contributed by atoms with van der Waals surface area (Å²) < 4.78 is 10.7. The van der Waals surface area contributed by atoms with Gasteiger partial charge >= 0.3 is 6.09 Å². The largest absolute Gasteiger partial charge is 0.497 e. The van der Waals surface area contributed by atoms with Crippen molar-refractivity contribution in [3.63, 3.8) is 0 Å². The number of hydrogen-bond acceptors (Lipinski definition) is 5. The van der Waals surface area contributed by atoms with E-state index in [1.165, 1.54) is 0 Å². The van der Waals surface area contributed by atoms with Gasteiger partial charge in [0.05, 0.1) is 7.11 Å². The third-order valence-corrected chi connectivity index (χ3v) is 4.99. The topological polar surface area (TPSA) is 80.8 Å². The van der Waals surface area contributed by atoms with Crippen LogP contribution in [-0.4, -0.2) is 47.2 Å². The summed E-state index contributed by atoms with van der Waals surface area (Å²) in [4.78, 5) is 31.2. The van der Waals surface area contributed by atoms with Crippen LogP contribution in [0.4, 0.5) is 4.79 Å². The molecule has 0 saturated carbocycles. The second-order valence-corrected chi connectivity index (χ2v) is 8.47. The summed E-state index contributed by atoms with van der Waals surface area (Å²) in [6.45, 7) is 6.42. The highest BCUT2D eigenvalue weighted by atomic mass is 16.6. The van der Waals surface area contributed by atoms with Gasteiger partial charge < -0.3 is 19.7 Å². The number of likely N-dealkylation sites (tertiary alicyclic amines) is 1. The summed E-state index contributed by atoms with van der Waals surface area (Å²) in [5, 5.41) is 2.92. The van der Waals surface area contributed by atoms with Crippen molar-refractivity contribution in [1.29, 1.82) is 0 Å². The molecular formula is C23H31N3O4. The maximum absolute atomic E-state index is 12.8. The predicted octanol–water partition coefficient (Wildman–Crippen LogP) is 3.75. The molecule has 0 radical (unpaired) electrons. The smallest absolute Gasteiger partial charge is 0.407 e. The van der Waals surface area contributed by atoms with Gasteiger partial charge in [-0.1, -0.05) is 18.2 Å². The number of carbonyl (C=O) groups is 2. The van der Waals surface area contributed by atoms with Crippen molar-refractivity contribution in [3.05, 3.63) is 59.9 Å². The molecule has 1 fully saturated rings. The number of methoxy groups -OCH3 is 1. The number of amides is 2. The molecule has 0 aliphatic carbocycles. The van der Waals surface area contributed by atoms with Crippen molar-refractivity contribution < 1.29 is 20.5 Å². The van der Waals surface area contributed by atoms with Crippen LogP contribution in [0, 0.1) is 0 Å². The number of pyridine rings is 1. The second-order valence-electron chi connectivity index (χ2n) is 8.47. The fourth-order valence-electron chi connectivity index (χ4n) is 3.59. The molecule has 1 aliphatic heterocycles. The van der Waals surface area contributed by atoms with Crippen LogP contribution in [0.25, 0.3) is 0 Å². The monoisotopic (exact) mass is 413 g/mol. The second kappa shape index (κ2) is 9.15. The van der Waals surface area contributed by atoms with E-state index in [0.29, 0.717) is 13.1 Å². The highest BCUT2D eigenvalue weighted by molar-refractivity contribution is 5.79. The van der Waals surface area contributed by atoms with Crippen molar-refractivity contribution in [3.8, 4) is 5.75 Å². The van der Waals surface area contributed by atoms with Gasteiger partial charge in [0.25, 0.3) is 0 Å². The zero-order chi connectivity index (χ0) is 21.7. The van der Waals surface area contributed by atoms with Crippen molar-refractivity contribution in [2.24, 2.45) is 0 Å². The molecule has 1 aromatic heterocycles. The average molecular weight is 414 g/mol. The minimum absolute atomic E-state index is 0. The van der Waals surface area contributed by atoms with Crippen LogP contribution in [0.3, 0.4) is 0 Å². The molecule has 1 saturated heterocycles. The summed E-state index contributed by atoms with van der Waals surface area (Å²) in [6.07, 6.45) is 3.17. The molecule has 7 nitrogen and oxygen atoms in total. The molecule has 1 aromatic carbocycles. The van der Waals surface area contributed by atoms with Crippen molar-refractivity contribution in [2.45, 2.75) is 51.3 Å². The number of alkyl carbamates (subject to hydrolysis) is 1. The fourth-order valence-corrected chi connectivity index (χ4v) is 3.59. The Bertz CT molecular complexity index is 869. The minimum Gasteiger partial charge on any atom is -0.497 e. The Balaban J connectivity index is 0.00000341. The van der Waals surface area contributed by atoms with Gasteiger partial charge in [0, 0.05) is 45.3 Å². The number of carbonyl (C=O) groups excluding carboxylic acids is 2. The number of ether oxygens (including phenoxy) is 2. The zero-order valence-electron chi connectivity index (χ0n) is 17.9.